The predicted octanol–water partition coefficient (Wildman–Crippen LogP) is 3.52. The van der Waals surface area contributed by atoms with Crippen molar-refractivity contribution in [2.24, 2.45) is 0 Å². The van der Waals surface area contributed by atoms with Gasteiger partial charge in [-0.1, -0.05) is 12.1 Å². The Bertz CT molecular complexity index is 761. The molecule has 0 saturated heterocycles. The van der Waals surface area contributed by atoms with E-state index in [-0.39, 0.29) is 5.82 Å². The zero-order chi connectivity index (χ0) is 13.9. The van der Waals surface area contributed by atoms with Crippen LogP contribution in [0.5, 0.6) is 5.75 Å². The lowest BCUT2D eigenvalue weighted by Crippen LogP contribution is -1.98. The molecular formula is C15H12FN3O. The molecular weight excluding hydrogens is 257 g/mol. The van der Waals surface area contributed by atoms with E-state index < -0.39 is 0 Å². The largest absolute Gasteiger partial charge is 0.495 e. The fourth-order valence-corrected chi connectivity index (χ4v) is 2.00. The molecule has 2 aromatic carbocycles. The zero-order valence-electron chi connectivity index (χ0n) is 10.8. The van der Waals surface area contributed by atoms with E-state index >= 15 is 0 Å². The van der Waals surface area contributed by atoms with Gasteiger partial charge in [0.2, 0.25) is 0 Å². The molecule has 3 rings (SSSR count). The van der Waals surface area contributed by atoms with Crippen LogP contribution in [0.3, 0.4) is 0 Å². The second kappa shape index (κ2) is 5.13. The lowest BCUT2D eigenvalue weighted by molar-refractivity contribution is 0.417. The van der Waals surface area contributed by atoms with Crippen LogP contribution < -0.4 is 10.1 Å². The summed E-state index contributed by atoms with van der Waals surface area (Å²) in [6.45, 7) is 0. The third-order valence-electron chi connectivity index (χ3n) is 2.96. The number of anilines is 2. The highest BCUT2D eigenvalue weighted by Gasteiger charge is 2.08. The van der Waals surface area contributed by atoms with Crippen LogP contribution in [0.1, 0.15) is 0 Å². The summed E-state index contributed by atoms with van der Waals surface area (Å²) in [5.74, 6) is 0.907. The Labute approximate surface area is 115 Å². The maximum atomic E-state index is 13.4. The summed E-state index contributed by atoms with van der Waals surface area (Å²) >= 11 is 0. The van der Waals surface area contributed by atoms with Crippen molar-refractivity contribution in [3.8, 4) is 5.75 Å². The minimum atomic E-state index is -0.324. The molecule has 0 aliphatic rings. The molecule has 0 aliphatic heterocycles. The van der Waals surface area contributed by atoms with Crippen LogP contribution in [0, 0.1) is 5.82 Å². The molecule has 100 valence electrons. The summed E-state index contributed by atoms with van der Waals surface area (Å²) in [6, 6.07) is 11.9. The van der Waals surface area contributed by atoms with E-state index in [2.05, 4.69) is 15.3 Å². The fourth-order valence-electron chi connectivity index (χ4n) is 2.00. The van der Waals surface area contributed by atoms with Gasteiger partial charge < -0.3 is 10.1 Å². The molecule has 0 amide bonds. The number of hydrogen-bond acceptors (Lipinski definition) is 4. The van der Waals surface area contributed by atoms with E-state index in [1.165, 1.54) is 18.5 Å². The number of benzene rings is 2. The molecule has 0 aliphatic carbocycles. The minimum Gasteiger partial charge on any atom is -0.495 e. The number of para-hydroxylation sites is 2. The van der Waals surface area contributed by atoms with Crippen molar-refractivity contribution in [3.63, 3.8) is 0 Å². The van der Waals surface area contributed by atoms with Crippen LogP contribution in [-0.2, 0) is 0 Å². The highest BCUT2D eigenvalue weighted by molar-refractivity contribution is 5.91. The van der Waals surface area contributed by atoms with E-state index in [1.807, 2.05) is 24.3 Å². The number of fused-ring (bicyclic) bond motifs is 1. The van der Waals surface area contributed by atoms with E-state index in [9.17, 15) is 4.39 Å². The molecule has 1 N–H and O–H groups in total. The standard InChI is InChI=1S/C15H12FN3O/c1-20-14-5-3-2-4-13(14)19-15-11-8-10(16)6-7-12(11)17-9-18-15/h2-9H,1H3,(H,17,18,19). The van der Waals surface area contributed by atoms with Gasteiger partial charge in [-0.15, -0.1) is 0 Å². The number of ether oxygens (including phenoxy) is 1. The third-order valence-corrected chi connectivity index (χ3v) is 2.96. The van der Waals surface area contributed by atoms with Gasteiger partial charge in [-0.3, -0.25) is 0 Å². The molecule has 3 aromatic rings. The zero-order valence-corrected chi connectivity index (χ0v) is 10.8. The number of aromatic nitrogens is 2. The van der Waals surface area contributed by atoms with Crippen LogP contribution in [0.25, 0.3) is 10.9 Å². The Balaban J connectivity index is 2.08. The molecule has 1 aromatic heterocycles. The van der Waals surface area contributed by atoms with E-state index in [0.29, 0.717) is 22.5 Å². The minimum absolute atomic E-state index is 0.324. The fraction of sp³-hybridized carbons (Fsp3) is 0.0667. The maximum Gasteiger partial charge on any atom is 0.142 e. The monoisotopic (exact) mass is 269 g/mol. The molecule has 0 saturated carbocycles. The van der Waals surface area contributed by atoms with Gasteiger partial charge in [-0.25, -0.2) is 14.4 Å². The van der Waals surface area contributed by atoms with Gasteiger partial charge in [0.25, 0.3) is 0 Å². The van der Waals surface area contributed by atoms with Crippen LogP contribution in [0.2, 0.25) is 0 Å². The van der Waals surface area contributed by atoms with Crippen molar-refractivity contribution in [2.45, 2.75) is 0 Å². The van der Waals surface area contributed by atoms with Gasteiger partial charge >= 0.3 is 0 Å². The second-order valence-electron chi connectivity index (χ2n) is 4.21. The predicted molar refractivity (Wildman–Crippen MR) is 75.8 cm³/mol. The Morgan fingerprint density at radius 1 is 1.10 bits per heavy atom. The topological polar surface area (TPSA) is 47.0 Å². The Kier molecular flexibility index (Phi) is 3.16. The Morgan fingerprint density at radius 3 is 2.80 bits per heavy atom. The number of halogens is 1. The molecule has 5 heteroatoms. The third kappa shape index (κ3) is 2.25. The first-order valence-corrected chi connectivity index (χ1v) is 6.08. The molecule has 0 unspecified atom stereocenters. The van der Waals surface area contributed by atoms with Gasteiger partial charge in [0, 0.05) is 5.39 Å². The van der Waals surface area contributed by atoms with Crippen LogP contribution in [-0.4, -0.2) is 17.1 Å². The van der Waals surface area contributed by atoms with Gasteiger partial charge in [0.05, 0.1) is 18.3 Å². The van der Waals surface area contributed by atoms with Crippen molar-refractivity contribution in [3.05, 3.63) is 54.6 Å². The molecule has 20 heavy (non-hydrogen) atoms. The normalized spacial score (nSPS) is 10.5. The van der Waals surface area contributed by atoms with Crippen LogP contribution in [0.15, 0.2) is 48.8 Å². The van der Waals surface area contributed by atoms with Crippen molar-refractivity contribution < 1.29 is 9.13 Å². The average Bonchev–Trinajstić information content (AvgIpc) is 2.48. The second-order valence-corrected chi connectivity index (χ2v) is 4.21. The van der Waals surface area contributed by atoms with Crippen LogP contribution >= 0.6 is 0 Å². The van der Waals surface area contributed by atoms with Crippen molar-refractivity contribution in [1.82, 2.24) is 9.97 Å². The Hall–Kier alpha value is -2.69. The lowest BCUT2D eigenvalue weighted by Gasteiger charge is -2.11. The molecule has 0 bridgehead atoms. The molecule has 1 heterocycles. The van der Waals surface area contributed by atoms with E-state index in [0.717, 1.165) is 5.69 Å². The summed E-state index contributed by atoms with van der Waals surface area (Å²) in [5.41, 5.74) is 1.44. The highest BCUT2D eigenvalue weighted by Crippen LogP contribution is 2.29. The maximum absolute atomic E-state index is 13.4. The first-order chi connectivity index (χ1) is 9.78. The van der Waals surface area contributed by atoms with E-state index in [1.54, 1.807) is 13.2 Å². The molecule has 4 nitrogen and oxygen atoms in total. The smallest absolute Gasteiger partial charge is 0.142 e. The van der Waals surface area contributed by atoms with Gasteiger partial charge in [-0.2, -0.15) is 0 Å². The number of methoxy groups -OCH3 is 1. The van der Waals surface area contributed by atoms with Crippen LogP contribution in [0.4, 0.5) is 15.9 Å². The number of hydrogen-bond donors (Lipinski definition) is 1. The van der Waals surface area contributed by atoms with E-state index in [4.69, 9.17) is 4.74 Å². The first kappa shape index (κ1) is 12.3. The van der Waals surface area contributed by atoms with Gasteiger partial charge in [0.15, 0.2) is 0 Å². The lowest BCUT2D eigenvalue weighted by atomic mass is 10.2. The van der Waals surface area contributed by atoms with Crippen molar-refractivity contribution in [1.29, 1.82) is 0 Å². The Morgan fingerprint density at radius 2 is 1.95 bits per heavy atom. The summed E-state index contributed by atoms with van der Waals surface area (Å²) in [5, 5.41) is 3.77. The summed E-state index contributed by atoms with van der Waals surface area (Å²) in [7, 11) is 1.60. The van der Waals surface area contributed by atoms with Crippen molar-refractivity contribution in [2.75, 3.05) is 12.4 Å². The molecule has 0 atom stereocenters. The van der Waals surface area contributed by atoms with Gasteiger partial charge in [-0.05, 0) is 30.3 Å². The summed E-state index contributed by atoms with van der Waals surface area (Å²) in [4.78, 5) is 8.29. The number of nitrogens with one attached hydrogen (secondary N) is 1. The molecule has 0 spiro atoms. The summed E-state index contributed by atoms with van der Waals surface area (Å²) < 4.78 is 18.7. The first-order valence-electron chi connectivity index (χ1n) is 6.08. The number of rotatable bonds is 3. The number of nitrogens with zero attached hydrogens (tertiary/aromatic N) is 2. The average molecular weight is 269 g/mol. The summed E-state index contributed by atoms with van der Waals surface area (Å²) in [6.07, 6.45) is 1.44. The molecule has 0 fully saturated rings. The van der Waals surface area contributed by atoms with Gasteiger partial charge in [0.1, 0.15) is 23.7 Å². The van der Waals surface area contributed by atoms with Crippen molar-refractivity contribution >= 4 is 22.4 Å². The molecule has 0 radical (unpaired) electrons. The quantitative estimate of drug-likeness (QED) is 0.790. The highest BCUT2D eigenvalue weighted by atomic mass is 19.1. The SMILES string of the molecule is COc1ccccc1Nc1ncnc2ccc(F)cc12.